The summed E-state index contributed by atoms with van der Waals surface area (Å²) in [7, 11) is 0. The first kappa shape index (κ1) is 23.5. The number of fused-ring (bicyclic) bond motifs is 1. The SMILES string of the molecule is CC(=O)Nc1sc2c(-c3ccccc3)nn(-c3ccccc3)c2c1C(=O)NN=Cc1ccc(Cl)cc1. The number of carbonyl (C=O) groups excluding carboxylic acids is 2. The first-order valence-corrected chi connectivity index (χ1v) is 12.2. The molecule has 0 fully saturated rings. The zero-order chi connectivity index (χ0) is 25.1. The summed E-state index contributed by atoms with van der Waals surface area (Å²) in [6.07, 6.45) is 1.53. The lowest BCUT2D eigenvalue weighted by atomic mass is 10.1. The van der Waals surface area contributed by atoms with E-state index in [2.05, 4.69) is 15.8 Å². The smallest absolute Gasteiger partial charge is 0.276 e. The van der Waals surface area contributed by atoms with Gasteiger partial charge in [0.05, 0.1) is 16.6 Å². The average Bonchev–Trinajstić information content (AvgIpc) is 3.42. The van der Waals surface area contributed by atoms with Crippen molar-refractivity contribution >= 4 is 56.2 Å². The second kappa shape index (κ2) is 10.2. The number of carbonyl (C=O) groups is 2. The maximum atomic E-state index is 13.5. The van der Waals surface area contributed by atoms with E-state index in [4.69, 9.17) is 16.7 Å². The van der Waals surface area contributed by atoms with E-state index >= 15 is 0 Å². The molecule has 178 valence electrons. The first-order valence-electron chi connectivity index (χ1n) is 11.0. The van der Waals surface area contributed by atoms with Gasteiger partial charge in [0, 0.05) is 17.5 Å². The highest BCUT2D eigenvalue weighted by molar-refractivity contribution is 7.24. The second-order valence-electron chi connectivity index (χ2n) is 7.88. The summed E-state index contributed by atoms with van der Waals surface area (Å²) in [4.78, 5) is 25.5. The van der Waals surface area contributed by atoms with Crippen LogP contribution in [0.25, 0.3) is 27.2 Å². The first-order chi connectivity index (χ1) is 17.5. The molecule has 0 aliphatic carbocycles. The molecule has 0 unspecified atom stereocenters. The molecule has 0 radical (unpaired) electrons. The van der Waals surface area contributed by atoms with Crippen LogP contribution in [0.1, 0.15) is 22.8 Å². The minimum Gasteiger partial charge on any atom is -0.317 e. The largest absolute Gasteiger partial charge is 0.317 e. The fourth-order valence-electron chi connectivity index (χ4n) is 3.75. The zero-order valence-corrected chi connectivity index (χ0v) is 20.7. The Morgan fingerprint density at radius 3 is 2.31 bits per heavy atom. The molecule has 2 amide bonds. The molecule has 36 heavy (non-hydrogen) atoms. The van der Waals surface area contributed by atoms with Crippen LogP contribution in [0.5, 0.6) is 0 Å². The van der Waals surface area contributed by atoms with Gasteiger partial charge in [-0.15, -0.1) is 11.3 Å². The van der Waals surface area contributed by atoms with Gasteiger partial charge in [0.15, 0.2) is 0 Å². The minimum atomic E-state index is -0.466. The Labute approximate surface area is 216 Å². The topological polar surface area (TPSA) is 88.4 Å². The van der Waals surface area contributed by atoms with Crippen molar-refractivity contribution in [2.45, 2.75) is 6.92 Å². The number of nitrogens with zero attached hydrogens (tertiary/aromatic N) is 3. The summed E-state index contributed by atoms with van der Waals surface area (Å²) >= 11 is 7.24. The maximum Gasteiger partial charge on any atom is 0.276 e. The van der Waals surface area contributed by atoms with Gasteiger partial charge in [-0.05, 0) is 29.8 Å². The van der Waals surface area contributed by atoms with Crippen molar-refractivity contribution in [1.29, 1.82) is 0 Å². The van der Waals surface area contributed by atoms with Gasteiger partial charge < -0.3 is 5.32 Å². The van der Waals surface area contributed by atoms with Gasteiger partial charge in [-0.3, -0.25) is 9.59 Å². The van der Waals surface area contributed by atoms with Crippen LogP contribution in [0.3, 0.4) is 0 Å². The fourth-order valence-corrected chi connectivity index (χ4v) is 5.11. The highest BCUT2D eigenvalue weighted by Gasteiger charge is 2.27. The standard InChI is InChI=1S/C27H20ClN5O2S/c1-17(34)30-27-22(26(35)31-29-16-18-12-14-20(28)15-13-18)24-25(36-27)23(19-8-4-2-5-9-19)32-33(24)21-10-6-3-7-11-21/h2-16H,1H3,(H,30,34)(H,31,35). The average molecular weight is 514 g/mol. The summed E-state index contributed by atoms with van der Waals surface area (Å²) < 4.78 is 2.51. The number of nitrogens with one attached hydrogen (secondary N) is 2. The summed E-state index contributed by atoms with van der Waals surface area (Å²) in [5.74, 6) is -0.745. The second-order valence-corrected chi connectivity index (χ2v) is 9.33. The number of amides is 2. The van der Waals surface area contributed by atoms with Crippen LogP contribution < -0.4 is 10.7 Å². The number of para-hydroxylation sites is 1. The van der Waals surface area contributed by atoms with E-state index in [0.29, 0.717) is 15.5 Å². The van der Waals surface area contributed by atoms with E-state index in [-0.39, 0.29) is 11.5 Å². The highest BCUT2D eigenvalue weighted by Crippen LogP contribution is 2.42. The van der Waals surface area contributed by atoms with Crippen LogP contribution in [0.15, 0.2) is 90.0 Å². The van der Waals surface area contributed by atoms with Gasteiger partial charge >= 0.3 is 0 Å². The quantitative estimate of drug-likeness (QED) is 0.211. The number of hydrogen-bond acceptors (Lipinski definition) is 5. The van der Waals surface area contributed by atoms with E-state index in [0.717, 1.165) is 27.2 Å². The molecule has 0 atom stereocenters. The normalized spacial score (nSPS) is 11.2. The van der Waals surface area contributed by atoms with Crippen LogP contribution in [0.2, 0.25) is 5.02 Å². The lowest BCUT2D eigenvalue weighted by Crippen LogP contribution is -2.20. The van der Waals surface area contributed by atoms with Gasteiger partial charge in [0.25, 0.3) is 5.91 Å². The van der Waals surface area contributed by atoms with Gasteiger partial charge in [0.2, 0.25) is 5.91 Å². The molecule has 7 nitrogen and oxygen atoms in total. The Bertz CT molecular complexity index is 1580. The molecule has 9 heteroatoms. The number of rotatable bonds is 6. The van der Waals surface area contributed by atoms with Gasteiger partial charge in [0.1, 0.15) is 21.8 Å². The molecule has 3 aromatic carbocycles. The lowest BCUT2D eigenvalue weighted by Gasteiger charge is -2.07. The predicted octanol–water partition coefficient (Wildman–Crippen LogP) is 6.13. The molecule has 0 bridgehead atoms. The third kappa shape index (κ3) is 4.77. The molecule has 0 aliphatic rings. The molecule has 2 aromatic heterocycles. The Hall–Kier alpha value is -4.27. The van der Waals surface area contributed by atoms with Gasteiger partial charge in [-0.1, -0.05) is 72.3 Å². The summed E-state index contributed by atoms with van der Waals surface area (Å²) in [6, 6.07) is 26.3. The van der Waals surface area contributed by atoms with Crippen LogP contribution in [-0.4, -0.2) is 27.8 Å². The van der Waals surface area contributed by atoms with Gasteiger partial charge in [-0.2, -0.15) is 10.2 Å². The van der Waals surface area contributed by atoms with Crippen molar-refractivity contribution in [2.24, 2.45) is 5.10 Å². The van der Waals surface area contributed by atoms with E-state index in [1.165, 1.54) is 24.5 Å². The molecule has 0 spiro atoms. The van der Waals surface area contributed by atoms with Crippen LogP contribution in [-0.2, 0) is 4.79 Å². The van der Waals surface area contributed by atoms with Crippen molar-refractivity contribution in [3.8, 4) is 16.9 Å². The monoisotopic (exact) mass is 513 g/mol. The number of anilines is 1. The Morgan fingerprint density at radius 2 is 1.64 bits per heavy atom. The molecular weight excluding hydrogens is 494 g/mol. The lowest BCUT2D eigenvalue weighted by molar-refractivity contribution is -0.114. The molecule has 2 N–H and O–H groups in total. The van der Waals surface area contributed by atoms with E-state index in [9.17, 15) is 9.59 Å². The Balaban J connectivity index is 1.65. The number of aromatic nitrogens is 2. The predicted molar refractivity (Wildman–Crippen MR) is 145 cm³/mol. The summed E-state index contributed by atoms with van der Waals surface area (Å²) in [5.41, 5.74) is 6.66. The maximum absolute atomic E-state index is 13.5. The highest BCUT2D eigenvalue weighted by atomic mass is 35.5. The van der Waals surface area contributed by atoms with Crippen molar-refractivity contribution in [1.82, 2.24) is 15.2 Å². The van der Waals surface area contributed by atoms with Crippen molar-refractivity contribution in [2.75, 3.05) is 5.32 Å². The third-order valence-corrected chi connectivity index (χ3v) is 6.68. The number of benzene rings is 3. The Kier molecular flexibility index (Phi) is 6.62. The summed E-state index contributed by atoms with van der Waals surface area (Å²) in [6.45, 7) is 1.41. The van der Waals surface area contributed by atoms with Crippen molar-refractivity contribution in [3.05, 3.63) is 101 Å². The minimum absolute atomic E-state index is 0.280. The number of hydrazone groups is 1. The molecule has 0 aliphatic heterocycles. The Morgan fingerprint density at radius 1 is 0.972 bits per heavy atom. The van der Waals surface area contributed by atoms with Crippen LogP contribution in [0, 0.1) is 0 Å². The fraction of sp³-hybridized carbons (Fsp3) is 0.0370. The third-order valence-electron chi connectivity index (χ3n) is 5.32. The van der Waals surface area contributed by atoms with Crippen LogP contribution >= 0.6 is 22.9 Å². The van der Waals surface area contributed by atoms with E-state index in [1.54, 1.807) is 28.9 Å². The zero-order valence-electron chi connectivity index (χ0n) is 19.1. The molecule has 5 aromatic rings. The molecule has 5 rings (SSSR count). The van der Waals surface area contributed by atoms with Gasteiger partial charge in [-0.25, -0.2) is 10.1 Å². The summed E-state index contributed by atoms with van der Waals surface area (Å²) in [5, 5.41) is 12.8. The van der Waals surface area contributed by atoms with E-state index < -0.39 is 5.91 Å². The molecular formula is C27H20ClN5O2S. The number of halogens is 1. The number of thiophene rings is 1. The van der Waals surface area contributed by atoms with Crippen molar-refractivity contribution in [3.63, 3.8) is 0 Å². The van der Waals surface area contributed by atoms with Crippen molar-refractivity contribution < 1.29 is 9.59 Å². The molecule has 0 saturated carbocycles. The molecule has 2 heterocycles. The van der Waals surface area contributed by atoms with Crippen LogP contribution in [0.4, 0.5) is 5.00 Å². The number of hydrogen-bond donors (Lipinski definition) is 2. The molecule has 0 saturated heterocycles. The van der Waals surface area contributed by atoms with E-state index in [1.807, 2.05) is 60.7 Å².